The molecule has 0 amide bonds. The summed E-state index contributed by atoms with van der Waals surface area (Å²) < 4.78 is 7.70. The molecule has 5 heteroatoms. The van der Waals surface area contributed by atoms with Gasteiger partial charge in [0, 0.05) is 13.1 Å². The Balaban J connectivity index is 2.74. The minimum atomic E-state index is -0.507. The van der Waals surface area contributed by atoms with Crippen molar-refractivity contribution in [3.63, 3.8) is 0 Å². The molecule has 16 heavy (non-hydrogen) atoms. The van der Waals surface area contributed by atoms with Gasteiger partial charge in [-0.05, 0) is 20.8 Å². The van der Waals surface area contributed by atoms with Gasteiger partial charge in [-0.3, -0.25) is 0 Å². The van der Waals surface area contributed by atoms with Crippen LogP contribution < -0.4 is 5.73 Å². The average molecular weight is 227 g/mol. The zero-order valence-electron chi connectivity index (χ0n) is 10.1. The van der Waals surface area contributed by atoms with Crippen LogP contribution in [0.4, 0.5) is 0 Å². The Labute approximate surface area is 96.2 Å². The van der Waals surface area contributed by atoms with Gasteiger partial charge < -0.3 is 20.1 Å². The predicted molar refractivity (Wildman–Crippen MR) is 61.9 cm³/mol. The molecule has 0 aromatic carbocycles. The van der Waals surface area contributed by atoms with Gasteiger partial charge in [-0.25, -0.2) is 4.98 Å². The highest BCUT2D eigenvalue weighted by Gasteiger charge is 2.19. The number of hydrogen-bond donors (Lipinski definition) is 2. The van der Waals surface area contributed by atoms with E-state index in [2.05, 4.69) is 4.98 Å². The molecule has 0 aliphatic heterocycles. The number of aliphatic hydroxyl groups excluding tert-OH is 1. The van der Waals surface area contributed by atoms with Crippen LogP contribution >= 0.6 is 0 Å². The van der Waals surface area contributed by atoms with Crippen molar-refractivity contribution in [2.75, 3.05) is 6.54 Å². The molecule has 1 aromatic heterocycles. The minimum Gasteiger partial charge on any atom is -0.391 e. The van der Waals surface area contributed by atoms with E-state index < -0.39 is 6.10 Å². The summed E-state index contributed by atoms with van der Waals surface area (Å²) in [5.74, 6) is 0. The van der Waals surface area contributed by atoms with Gasteiger partial charge in [0.05, 0.1) is 30.4 Å². The van der Waals surface area contributed by atoms with Crippen molar-refractivity contribution in [1.82, 2.24) is 9.55 Å². The van der Waals surface area contributed by atoms with E-state index in [1.54, 1.807) is 19.4 Å². The normalized spacial score (nSPS) is 17.1. The van der Waals surface area contributed by atoms with Crippen molar-refractivity contribution < 1.29 is 9.84 Å². The second kappa shape index (κ2) is 5.98. The highest BCUT2D eigenvalue weighted by Crippen LogP contribution is 2.18. The van der Waals surface area contributed by atoms with Crippen molar-refractivity contribution in [2.45, 2.75) is 45.6 Å². The van der Waals surface area contributed by atoms with Crippen LogP contribution in [0.15, 0.2) is 12.5 Å². The molecule has 3 N–H and O–H groups in total. The van der Waals surface area contributed by atoms with E-state index in [-0.39, 0.29) is 12.2 Å². The molecule has 0 aliphatic carbocycles. The van der Waals surface area contributed by atoms with Gasteiger partial charge in [-0.15, -0.1) is 0 Å². The molecule has 1 aromatic rings. The average Bonchev–Trinajstić information content (AvgIpc) is 2.73. The van der Waals surface area contributed by atoms with Gasteiger partial charge in [0.15, 0.2) is 0 Å². The van der Waals surface area contributed by atoms with Crippen LogP contribution in [-0.4, -0.2) is 33.4 Å². The van der Waals surface area contributed by atoms with Crippen LogP contribution in [0, 0.1) is 0 Å². The number of aryl methyl sites for hydroxylation is 1. The number of nitrogens with two attached hydrogens (primary N) is 1. The summed E-state index contributed by atoms with van der Waals surface area (Å²) in [4.78, 5) is 4.08. The number of rotatable bonds is 6. The number of hydrogen-bond acceptors (Lipinski definition) is 4. The van der Waals surface area contributed by atoms with E-state index in [4.69, 9.17) is 10.5 Å². The summed E-state index contributed by atoms with van der Waals surface area (Å²) in [5, 5.41) is 9.40. The fraction of sp³-hybridized carbons (Fsp3) is 0.727. The molecule has 0 radical (unpaired) electrons. The highest BCUT2D eigenvalue weighted by atomic mass is 16.5. The lowest BCUT2D eigenvalue weighted by Gasteiger charge is -2.23. The maximum Gasteiger partial charge on any atom is 0.112 e. The highest BCUT2D eigenvalue weighted by molar-refractivity contribution is 5.03. The smallest absolute Gasteiger partial charge is 0.112 e. The fourth-order valence-corrected chi connectivity index (χ4v) is 1.48. The van der Waals surface area contributed by atoms with E-state index in [1.165, 1.54) is 0 Å². The molecule has 0 fully saturated rings. The first-order chi connectivity index (χ1) is 7.60. The number of imidazole rings is 1. The Morgan fingerprint density at radius 1 is 1.56 bits per heavy atom. The number of aromatic nitrogens is 2. The van der Waals surface area contributed by atoms with E-state index in [0.29, 0.717) is 6.54 Å². The number of nitrogens with zero attached hydrogens (tertiary/aromatic N) is 2. The Bertz CT molecular complexity index is 312. The maximum absolute atomic E-state index is 9.40. The summed E-state index contributed by atoms with van der Waals surface area (Å²) in [5.41, 5.74) is 6.64. The van der Waals surface area contributed by atoms with Crippen molar-refractivity contribution in [1.29, 1.82) is 0 Å². The lowest BCUT2D eigenvalue weighted by molar-refractivity contribution is -0.0616. The molecular weight excluding hydrogens is 206 g/mol. The predicted octanol–water partition coefficient (Wildman–Crippen LogP) is 0.689. The molecule has 0 saturated heterocycles. The Kier molecular flexibility index (Phi) is 4.92. The van der Waals surface area contributed by atoms with Crippen LogP contribution in [0.25, 0.3) is 0 Å². The molecular formula is C11H21N3O2. The van der Waals surface area contributed by atoms with Crippen LogP contribution in [0.3, 0.4) is 0 Å². The first-order valence-corrected chi connectivity index (χ1v) is 5.63. The van der Waals surface area contributed by atoms with E-state index >= 15 is 0 Å². The molecule has 5 nitrogen and oxygen atoms in total. The first kappa shape index (κ1) is 13.2. The van der Waals surface area contributed by atoms with Crippen LogP contribution in [-0.2, 0) is 11.3 Å². The largest absolute Gasteiger partial charge is 0.391 e. The third kappa shape index (κ3) is 3.04. The van der Waals surface area contributed by atoms with Gasteiger partial charge in [0.2, 0.25) is 0 Å². The number of ether oxygens (including phenoxy) is 1. The molecule has 1 rings (SSSR count). The standard InChI is InChI=1S/C11H21N3O2/c1-4-14-7-13-6-10(14)11(5-12)16-9(3)8(2)15/h6-9,11,15H,4-5,12H2,1-3H3. The lowest BCUT2D eigenvalue weighted by Crippen LogP contribution is -2.29. The second-order valence-electron chi connectivity index (χ2n) is 3.91. The Morgan fingerprint density at radius 3 is 2.75 bits per heavy atom. The van der Waals surface area contributed by atoms with Crippen LogP contribution in [0.5, 0.6) is 0 Å². The molecule has 3 unspecified atom stereocenters. The third-order valence-corrected chi connectivity index (χ3v) is 2.69. The summed E-state index contributed by atoms with van der Waals surface area (Å²) in [7, 11) is 0. The van der Waals surface area contributed by atoms with E-state index in [9.17, 15) is 5.11 Å². The van der Waals surface area contributed by atoms with Gasteiger partial charge in [-0.2, -0.15) is 0 Å². The molecule has 0 saturated carbocycles. The van der Waals surface area contributed by atoms with E-state index in [0.717, 1.165) is 12.2 Å². The fourth-order valence-electron chi connectivity index (χ4n) is 1.48. The first-order valence-electron chi connectivity index (χ1n) is 5.63. The Hall–Kier alpha value is -0.910. The second-order valence-corrected chi connectivity index (χ2v) is 3.91. The minimum absolute atomic E-state index is 0.216. The molecule has 1 heterocycles. The SMILES string of the molecule is CCn1cncc1C(CN)OC(C)C(C)O. The quantitative estimate of drug-likeness (QED) is 0.750. The van der Waals surface area contributed by atoms with Crippen molar-refractivity contribution in [2.24, 2.45) is 5.73 Å². The summed E-state index contributed by atoms with van der Waals surface area (Å²) in [6.45, 7) is 6.78. The van der Waals surface area contributed by atoms with E-state index in [1.807, 2.05) is 18.4 Å². The Morgan fingerprint density at radius 2 is 2.25 bits per heavy atom. The zero-order valence-corrected chi connectivity index (χ0v) is 10.1. The molecule has 0 aliphatic rings. The van der Waals surface area contributed by atoms with Crippen molar-refractivity contribution in [3.8, 4) is 0 Å². The third-order valence-electron chi connectivity index (χ3n) is 2.69. The van der Waals surface area contributed by atoms with Gasteiger partial charge in [0.25, 0.3) is 0 Å². The lowest BCUT2D eigenvalue weighted by atomic mass is 10.2. The topological polar surface area (TPSA) is 73.3 Å². The van der Waals surface area contributed by atoms with Crippen molar-refractivity contribution in [3.05, 3.63) is 18.2 Å². The molecule has 3 atom stereocenters. The maximum atomic E-state index is 9.40. The number of aliphatic hydroxyl groups is 1. The summed E-state index contributed by atoms with van der Waals surface area (Å²) in [6.07, 6.45) is 2.55. The van der Waals surface area contributed by atoms with Gasteiger partial charge >= 0.3 is 0 Å². The summed E-state index contributed by atoms with van der Waals surface area (Å²) in [6, 6.07) is 0. The van der Waals surface area contributed by atoms with Crippen LogP contribution in [0.2, 0.25) is 0 Å². The molecule has 0 bridgehead atoms. The summed E-state index contributed by atoms with van der Waals surface area (Å²) >= 11 is 0. The van der Waals surface area contributed by atoms with Gasteiger partial charge in [0.1, 0.15) is 6.10 Å². The van der Waals surface area contributed by atoms with Gasteiger partial charge in [-0.1, -0.05) is 0 Å². The van der Waals surface area contributed by atoms with Crippen LogP contribution in [0.1, 0.15) is 32.6 Å². The molecule has 0 spiro atoms. The zero-order chi connectivity index (χ0) is 12.1. The monoisotopic (exact) mass is 227 g/mol. The molecule has 92 valence electrons. The van der Waals surface area contributed by atoms with Crippen molar-refractivity contribution >= 4 is 0 Å².